The fourth-order valence-corrected chi connectivity index (χ4v) is 4.35. The van der Waals surface area contributed by atoms with Crippen molar-refractivity contribution >= 4 is 15.7 Å². The maximum atomic E-state index is 13.5. The molecule has 3 aromatic carbocycles. The van der Waals surface area contributed by atoms with E-state index in [1.54, 1.807) is 61.8 Å². The van der Waals surface area contributed by atoms with E-state index < -0.39 is 16.1 Å². The molecule has 0 radical (unpaired) electrons. The summed E-state index contributed by atoms with van der Waals surface area (Å²) >= 11 is 0. The molecule has 1 aliphatic rings. The first-order valence-electron chi connectivity index (χ1n) is 9.44. The molecule has 0 spiro atoms. The van der Waals surface area contributed by atoms with Crippen molar-refractivity contribution in [3.05, 3.63) is 102 Å². The zero-order valence-corrected chi connectivity index (χ0v) is 17.5. The van der Waals surface area contributed by atoms with Gasteiger partial charge in [0, 0.05) is 10.8 Å². The zero-order chi connectivity index (χ0) is 21.1. The van der Waals surface area contributed by atoms with Crippen molar-refractivity contribution in [2.24, 2.45) is 0 Å². The predicted molar refractivity (Wildman–Crippen MR) is 115 cm³/mol. The average Bonchev–Trinajstić information content (AvgIpc) is 2.79. The van der Waals surface area contributed by atoms with Crippen molar-refractivity contribution in [2.75, 3.05) is 12.1 Å². The molecular formula is C23H22N2O4S. The first kappa shape index (κ1) is 20.2. The van der Waals surface area contributed by atoms with E-state index in [1.807, 2.05) is 43.3 Å². The lowest BCUT2D eigenvalue weighted by Crippen LogP contribution is -2.46. The topological polar surface area (TPSA) is 59.1 Å². The Labute approximate surface area is 176 Å². The first-order valence-corrected chi connectivity index (χ1v) is 10.9. The molecule has 1 heterocycles. The minimum Gasteiger partial charge on any atom is -0.497 e. The van der Waals surface area contributed by atoms with Crippen LogP contribution in [0.5, 0.6) is 5.75 Å². The number of sulfonamides is 1. The highest BCUT2D eigenvalue weighted by Gasteiger charge is 2.36. The van der Waals surface area contributed by atoms with Crippen LogP contribution in [0, 0.1) is 6.92 Å². The van der Waals surface area contributed by atoms with E-state index in [4.69, 9.17) is 9.57 Å². The maximum absolute atomic E-state index is 13.5. The summed E-state index contributed by atoms with van der Waals surface area (Å²) in [7, 11) is -2.40. The van der Waals surface area contributed by atoms with Crippen LogP contribution in [-0.2, 0) is 14.9 Å². The van der Waals surface area contributed by atoms with Gasteiger partial charge in [0.05, 0.1) is 17.7 Å². The standard InChI is InChI=1S/C23H22N2O4S/c1-18-8-14-22(15-9-18)30(26,27)25-24(20-10-12-21(28-2)13-11-20)17-16-23(29-25)19-6-4-3-5-7-19/h3-17,23H,1-2H3. The van der Waals surface area contributed by atoms with Gasteiger partial charge >= 0.3 is 0 Å². The Balaban J connectivity index is 1.76. The van der Waals surface area contributed by atoms with E-state index in [2.05, 4.69) is 0 Å². The SMILES string of the molecule is COc1ccc(N2C=CC(c3ccccc3)ON2S(=O)(=O)c2ccc(C)cc2)cc1. The molecule has 4 rings (SSSR count). The second kappa shape index (κ2) is 8.31. The third-order valence-corrected chi connectivity index (χ3v) is 6.31. The first-order chi connectivity index (χ1) is 14.5. The highest BCUT2D eigenvalue weighted by molar-refractivity contribution is 7.89. The van der Waals surface area contributed by atoms with Gasteiger partial charge in [0.15, 0.2) is 0 Å². The summed E-state index contributed by atoms with van der Waals surface area (Å²) in [5.41, 5.74) is 2.45. The second-order valence-corrected chi connectivity index (χ2v) is 8.58. The molecule has 0 bridgehead atoms. The molecular weight excluding hydrogens is 400 g/mol. The van der Waals surface area contributed by atoms with Gasteiger partial charge in [-0.3, -0.25) is 4.84 Å². The van der Waals surface area contributed by atoms with E-state index in [-0.39, 0.29) is 4.90 Å². The average molecular weight is 423 g/mol. The van der Waals surface area contributed by atoms with Crippen LogP contribution in [0.25, 0.3) is 0 Å². The molecule has 1 aliphatic heterocycles. The van der Waals surface area contributed by atoms with Gasteiger partial charge in [-0.15, -0.1) is 0 Å². The van der Waals surface area contributed by atoms with Crippen molar-refractivity contribution in [1.82, 2.24) is 4.58 Å². The van der Waals surface area contributed by atoms with Crippen LogP contribution >= 0.6 is 0 Å². The van der Waals surface area contributed by atoms with Gasteiger partial charge in [-0.1, -0.05) is 48.0 Å². The van der Waals surface area contributed by atoms with E-state index in [9.17, 15) is 8.42 Å². The number of rotatable bonds is 5. The van der Waals surface area contributed by atoms with Gasteiger partial charge in [0.1, 0.15) is 11.9 Å². The van der Waals surface area contributed by atoms with Crippen molar-refractivity contribution in [3.8, 4) is 5.75 Å². The van der Waals surface area contributed by atoms with Crippen molar-refractivity contribution < 1.29 is 18.0 Å². The van der Waals surface area contributed by atoms with Gasteiger partial charge in [0.2, 0.25) is 0 Å². The molecule has 0 saturated carbocycles. The fraction of sp³-hybridized carbons (Fsp3) is 0.130. The summed E-state index contributed by atoms with van der Waals surface area (Å²) in [6, 6.07) is 23.2. The molecule has 154 valence electrons. The Morgan fingerprint density at radius 1 is 0.900 bits per heavy atom. The fourth-order valence-electron chi connectivity index (χ4n) is 3.10. The number of anilines is 1. The monoisotopic (exact) mass is 422 g/mol. The molecule has 3 aromatic rings. The third kappa shape index (κ3) is 3.95. The molecule has 30 heavy (non-hydrogen) atoms. The normalized spacial score (nSPS) is 17.1. The van der Waals surface area contributed by atoms with Crippen LogP contribution < -0.4 is 9.75 Å². The summed E-state index contributed by atoms with van der Waals surface area (Å²) in [4.78, 5) is 6.15. The Bertz CT molecular complexity index is 1130. The van der Waals surface area contributed by atoms with Crippen molar-refractivity contribution in [2.45, 2.75) is 17.9 Å². The molecule has 0 amide bonds. The number of aryl methyl sites for hydroxylation is 1. The molecule has 1 atom stereocenters. The number of hydrogen-bond donors (Lipinski definition) is 0. The Kier molecular flexibility index (Phi) is 5.59. The van der Waals surface area contributed by atoms with Crippen LogP contribution in [-0.4, -0.2) is 20.1 Å². The third-order valence-electron chi connectivity index (χ3n) is 4.77. The maximum Gasteiger partial charge on any atom is 0.283 e. The molecule has 0 fully saturated rings. The summed E-state index contributed by atoms with van der Waals surface area (Å²) in [5.74, 6) is 0.677. The van der Waals surface area contributed by atoms with Gasteiger partial charge < -0.3 is 4.74 Å². The summed E-state index contributed by atoms with van der Waals surface area (Å²) in [6.07, 6.45) is 2.98. The van der Waals surface area contributed by atoms with Crippen LogP contribution in [0.3, 0.4) is 0 Å². The minimum atomic E-state index is -3.98. The molecule has 0 aromatic heterocycles. The van der Waals surface area contributed by atoms with Gasteiger partial charge in [-0.25, -0.2) is 13.4 Å². The highest BCUT2D eigenvalue weighted by Crippen LogP contribution is 2.33. The molecule has 0 aliphatic carbocycles. The molecule has 7 heteroatoms. The number of ether oxygens (including phenoxy) is 1. The highest BCUT2D eigenvalue weighted by atomic mass is 32.2. The Hall–Kier alpha value is -3.13. The Morgan fingerprint density at radius 3 is 2.20 bits per heavy atom. The smallest absolute Gasteiger partial charge is 0.283 e. The summed E-state index contributed by atoms with van der Waals surface area (Å²) in [5, 5.41) is 1.47. The zero-order valence-electron chi connectivity index (χ0n) is 16.7. The van der Waals surface area contributed by atoms with Crippen LogP contribution in [0.15, 0.2) is 96.0 Å². The Morgan fingerprint density at radius 2 is 1.57 bits per heavy atom. The van der Waals surface area contributed by atoms with Gasteiger partial charge in [-0.05, 0) is 55.0 Å². The predicted octanol–water partition coefficient (Wildman–Crippen LogP) is 4.62. The number of benzene rings is 3. The molecule has 6 nitrogen and oxygen atoms in total. The second-order valence-electron chi connectivity index (χ2n) is 6.85. The van der Waals surface area contributed by atoms with E-state index in [0.29, 0.717) is 11.4 Å². The number of hydrogen-bond acceptors (Lipinski definition) is 5. The molecule has 0 N–H and O–H groups in total. The quantitative estimate of drug-likeness (QED) is 0.601. The van der Waals surface area contributed by atoms with Gasteiger partial charge in [-0.2, -0.15) is 0 Å². The lowest BCUT2D eigenvalue weighted by molar-refractivity contribution is -0.127. The van der Waals surface area contributed by atoms with Gasteiger partial charge in [0.25, 0.3) is 10.0 Å². The van der Waals surface area contributed by atoms with Crippen LogP contribution in [0.4, 0.5) is 5.69 Å². The summed E-state index contributed by atoms with van der Waals surface area (Å²) < 4.78 is 33.1. The lowest BCUT2D eigenvalue weighted by Gasteiger charge is -2.37. The molecule has 0 saturated heterocycles. The van der Waals surface area contributed by atoms with E-state index in [0.717, 1.165) is 15.7 Å². The van der Waals surface area contributed by atoms with Crippen molar-refractivity contribution in [3.63, 3.8) is 0 Å². The van der Waals surface area contributed by atoms with Crippen LogP contribution in [0.1, 0.15) is 17.2 Å². The number of methoxy groups -OCH3 is 1. The van der Waals surface area contributed by atoms with E-state index in [1.165, 1.54) is 5.01 Å². The summed E-state index contributed by atoms with van der Waals surface area (Å²) in [6.45, 7) is 1.91. The van der Waals surface area contributed by atoms with Crippen LogP contribution in [0.2, 0.25) is 0 Å². The lowest BCUT2D eigenvalue weighted by atomic mass is 10.1. The van der Waals surface area contributed by atoms with E-state index >= 15 is 0 Å². The van der Waals surface area contributed by atoms with Crippen molar-refractivity contribution in [1.29, 1.82) is 0 Å². The number of nitrogens with zero attached hydrogens (tertiary/aromatic N) is 2. The minimum absolute atomic E-state index is 0.147. The molecule has 1 unspecified atom stereocenters. The number of hydrazine groups is 1. The largest absolute Gasteiger partial charge is 0.497 e.